The first-order valence-corrected chi connectivity index (χ1v) is 6.80. The van der Waals surface area contributed by atoms with Crippen molar-refractivity contribution in [3.05, 3.63) is 23.8 Å². The third-order valence-corrected chi connectivity index (χ3v) is 3.16. The molecule has 0 aromatic heterocycles. The zero-order valence-electron chi connectivity index (χ0n) is 13.2. The van der Waals surface area contributed by atoms with Gasteiger partial charge < -0.3 is 14.2 Å². The predicted molar refractivity (Wildman–Crippen MR) is 78.6 cm³/mol. The summed E-state index contributed by atoms with van der Waals surface area (Å²) in [7, 11) is 1.53. The third-order valence-electron chi connectivity index (χ3n) is 3.16. The van der Waals surface area contributed by atoms with Gasteiger partial charge >= 0.3 is 5.97 Å². The molecule has 1 aromatic rings. The Morgan fingerprint density at radius 3 is 2.43 bits per heavy atom. The number of hydrogen-bond donors (Lipinski definition) is 0. The highest BCUT2D eigenvalue weighted by atomic mass is 16.5. The largest absolute Gasteiger partial charge is 0.493 e. The third kappa shape index (κ3) is 4.21. The summed E-state index contributed by atoms with van der Waals surface area (Å²) in [5.74, 6) is 0.130. The molecule has 116 valence electrons. The van der Waals surface area contributed by atoms with Crippen molar-refractivity contribution in [2.24, 2.45) is 5.41 Å². The molecule has 0 saturated heterocycles. The summed E-state index contributed by atoms with van der Waals surface area (Å²) >= 11 is 0. The predicted octanol–water partition coefficient (Wildman–Crippen LogP) is 2.54. The Morgan fingerprint density at radius 2 is 1.86 bits per heavy atom. The Kier molecular flexibility index (Phi) is 5.76. The van der Waals surface area contributed by atoms with E-state index < -0.39 is 11.4 Å². The molecule has 5 nitrogen and oxygen atoms in total. The molecule has 21 heavy (non-hydrogen) atoms. The van der Waals surface area contributed by atoms with Crippen molar-refractivity contribution in [3.63, 3.8) is 0 Å². The Labute approximate surface area is 125 Å². The average molecular weight is 294 g/mol. The normalized spacial score (nSPS) is 10.9. The number of Topliss-reactive ketones (excluding diaryl/α,β-unsaturated/α-hetero) is 1. The number of ketones is 1. The van der Waals surface area contributed by atoms with Crippen molar-refractivity contribution in [1.82, 2.24) is 0 Å². The first kappa shape index (κ1) is 17.0. The summed E-state index contributed by atoms with van der Waals surface area (Å²) in [6, 6.07) is 5.41. The van der Waals surface area contributed by atoms with Crippen LogP contribution in [0.2, 0.25) is 0 Å². The molecular weight excluding hydrogens is 272 g/mol. The van der Waals surface area contributed by atoms with E-state index in [2.05, 4.69) is 0 Å². The highest BCUT2D eigenvalue weighted by Gasteiger charge is 2.37. The summed E-state index contributed by atoms with van der Waals surface area (Å²) in [4.78, 5) is 23.9. The number of benzene rings is 1. The van der Waals surface area contributed by atoms with Crippen LogP contribution in [0, 0.1) is 12.3 Å². The van der Waals surface area contributed by atoms with Crippen LogP contribution in [0.25, 0.3) is 0 Å². The number of aryl methyl sites for hydroxylation is 1. The van der Waals surface area contributed by atoms with E-state index in [0.717, 1.165) is 5.56 Å². The van der Waals surface area contributed by atoms with Crippen LogP contribution in [0.4, 0.5) is 0 Å². The second-order valence-corrected chi connectivity index (χ2v) is 5.21. The van der Waals surface area contributed by atoms with Gasteiger partial charge in [0.05, 0.1) is 13.7 Å². The summed E-state index contributed by atoms with van der Waals surface area (Å²) in [6.45, 7) is 6.72. The lowest BCUT2D eigenvalue weighted by Crippen LogP contribution is -2.38. The van der Waals surface area contributed by atoms with Crippen molar-refractivity contribution in [3.8, 4) is 11.5 Å². The fourth-order valence-corrected chi connectivity index (χ4v) is 1.64. The molecule has 0 heterocycles. The van der Waals surface area contributed by atoms with Crippen LogP contribution in [0.1, 0.15) is 26.3 Å². The van der Waals surface area contributed by atoms with E-state index in [0.29, 0.717) is 11.5 Å². The van der Waals surface area contributed by atoms with Gasteiger partial charge in [0.25, 0.3) is 0 Å². The summed E-state index contributed by atoms with van der Waals surface area (Å²) in [5.41, 5.74) is -0.203. The van der Waals surface area contributed by atoms with Crippen molar-refractivity contribution in [2.75, 3.05) is 20.3 Å². The maximum Gasteiger partial charge on any atom is 0.319 e. The number of methoxy groups -OCH3 is 1. The molecule has 0 aliphatic heterocycles. The van der Waals surface area contributed by atoms with Gasteiger partial charge in [-0.1, -0.05) is 6.07 Å². The number of ether oxygens (including phenoxy) is 3. The molecule has 1 rings (SSSR count). The molecule has 5 heteroatoms. The van der Waals surface area contributed by atoms with Crippen molar-refractivity contribution >= 4 is 11.8 Å². The molecule has 1 aromatic carbocycles. The van der Waals surface area contributed by atoms with E-state index in [4.69, 9.17) is 14.2 Å². The Hall–Kier alpha value is -2.04. The van der Waals surface area contributed by atoms with Gasteiger partial charge in [0.15, 0.2) is 17.3 Å². The van der Waals surface area contributed by atoms with Gasteiger partial charge in [-0.2, -0.15) is 0 Å². The molecule has 0 unspecified atom stereocenters. The van der Waals surface area contributed by atoms with E-state index in [-0.39, 0.29) is 19.0 Å². The van der Waals surface area contributed by atoms with Gasteiger partial charge in [-0.15, -0.1) is 0 Å². The highest BCUT2D eigenvalue weighted by molar-refractivity contribution is 6.03. The van der Waals surface area contributed by atoms with E-state index in [1.54, 1.807) is 13.0 Å². The van der Waals surface area contributed by atoms with E-state index in [1.165, 1.54) is 21.0 Å². The lowest BCUT2D eigenvalue weighted by molar-refractivity contribution is -0.158. The maximum atomic E-state index is 12.2. The summed E-state index contributed by atoms with van der Waals surface area (Å²) in [6.07, 6.45) is 0. The first-order chi connectivity index (χ1) is 9.82. The molecule has 0 spiro atoms. The molecule has 0 atom stereocenters. The Balaban J connectivity index is 2.75. The number of rotatable bonds is 7. The molecule has 0 amide bonds. The highest BCUT2D eigenvalue weighted by Crippen LogP contribution is 2.28. The minimum atomic E-state index is -1.23. The van der Waals surface area contributed by atoms with E-state index in [1.807, 2.05) is 19.1 Å². The van der Waals surface area contributed by atoms with Gasteiger partial charge in [-0.05, 0) is 45.4 Å². The SMILES string of the molecule is CCOC(=O)C(C)(C)C(=O)COc1ccc(C)cc1OC. The molecule has 0 aliphatic carbocycles. The maximum absolute atomic E-state index is 12.2. The van der Waals surface area contributed by atoms with E-state index in [9.17, 15) is 9.59 Å². The van der Waals surface area contributed by atoms with Gasteiger partial charge in [0.1, 0.15) is 12.0 Å². The van der Waals surface area contributed by atoms with Crippen molar-refractivity contribution in [2.45, 2.75) is 27.7 Å². The molecule has 0 bridgehead atoms. The number of carbonyl (C=O) groups is 2. The Morgan fingerprint density at radius 1 is 1.19 bits per heavy atom. The summed E-state index contributed by atoms with van der Waals surface area (Å²) < 4.78 is 15.6. The molecule has 0 saturated carbocycles. The average Bonchev–Trinajstić information content (AvgIpc) is 2.45. The fourth-order valence-electron chi connectivity index (χ4n) is 1.64. The lowest BCUT2D eigenvalue weighted by Gasteiger charge is -2.21. The molecule has 0 fully saturated rings. The minimum absolute atomic E-state index is 0.217. The minimum Gasteiger partial charge on any atom is -0.493 e. The second-order valence-electron chi connectivity index (χ2n) is 5.21. The van der Waals surface area contributed by atoms with Crippen LogP contribution in [0.15, 0.2) is 18.2 Å². The van der Waals surface area contributed by atoms with Gasteiger partial charge in [0, 0.05) is 0 Å². The smallest absolute Gasteiger partial charge is 0.319 e. The number of hydrogen-bond acceptors (Lipinski definition) is 5. The second kappa shape index (κ2) is 7.11. The van der Waals surface area contributed by atoms with Crippen LogP contribution in [0.5, 0.6) is 11.5 Å². The zero-order valence-corrected chi connectivity index (χ0v) is 13.2. The first-order valence-electron chi connectivity index (χ1n) is 6.80. The summed E-state index contributed by atoms with van der Waals surface area (Å²) in [5, 5.41) is 0. The Bertz CT molecular complexity index is 519. The standard InChI is InChI=1S/C16H22O5/c1-6-20-15(18)16(3,4)14(17)10-21-12-8-7-11(2)9-13(12)19-5/h7-9H,6,10H2,1-5H3. The van der Waals surface area contributed by atoms with Crippen LogP contribution < -0.4 is 9.47 Å². The number of esters is 1. The monoisotopic (exact) mass is 294 g/mol. The van der Waals surface area contributed by atoms with Crippen LogP contribution >= 0.6 is 0 Å². The van der Waals surface area contributed by atoms with Crippen molar-refractivity contribution in [1.29, 1.82) is 0 Å². The van der Waals surface area contributed by atoms with Gasteiger partial charge in [-0.3, -0.25) is 9.59 Å². The zero-order chi connectivity index (χ0) is 16.0. The van der Waals surface area contributed by atoms with Crippen molar-refractivity contribution < 1.29 is 23.8 Å². The topological polar surface area (TPSA) is 61.8 Å². The molecule has 0 radical (unpaired) electrons. The van der Waals surface area contributed by atoms with E-state index >= 15 is 0 Å². The molecule has 0 N–H and O–H groups in total. The van der Waals surface area contributed by atoms with Crippen LogP contribution in [-0.2, 0) is 14.3 Å². The van der Waals surface area contributed by atoms with Crippen LogP contribution in [-0.4, -0.2) is 32.1 Å². The van der Waals surface area contributed by atoms with Crippen LogP contribution in [0.3, 0.4) is 0 Å². The molecule has 0 aliphatic rings. The van der Waals surface area contributed by atoms with Gasteiger partial charge in [0.2, 0.25) is 0 Å². The fraction of sp³-hybridized carbons (Fsp3) is 0.500. The van der Waals surface area contributed by atoms with Gasteiger partial charge in [-0.25, -0.2) is 0 Å². The quantitative estimate of drug-likeness (QED) is 0.571. The molecular formula is C16H22O5. The lowest BCUT2D eigenvalue weighted by atomic mass is 9.88. The number of carbonyl (C=O) groups excluding carboxylic acids is 2.